The van der Waals surface area contributed by atoms with Crippen LogP contribution < -0.4 is 5.32 Å². The van der Waals surface area contributed by atoms with Crippen molar-refractivity contribution in [3.05, 3.63) is 45.2 Å². The fraction of sp³-hybridized carbons (Fsp3) is 0.214. The Hall–Kier alpha value is -1.92. The highest BCUT2D eigenvalue weighted by molar-refractivity contribution is 7.15. The van der Waals surface area contributed by atoms with Gasteiger partial charge in [0.05, 0.1) is 6.54 Å². The number of rotatable bonds is 4. The number of aromatic nitrogens is 3. The maximum absolute atomic E-state index is 5.83. The molecule has 0 spiro atoms. The zero-order chi connectivity index (χ0) is 14.8. The first-order chi connectivity index (χ1) is 10.1. The molecule has 0 saturated carbocycles. The van der Waals surface area contributed by atoms with Crippen LogP contribution in [0.2, 0.25) is 4.47 Å². The maximum Gasteiger partial charge on any atom is 0.247 e. The summed E-state index contributed by atoms with van der Waals surface area (Å²) in [6.45, 7) is 4.50. The molecule has 2 heterocycles. The molecule has 5 nitrogen and oxygen atoms in total. The molecule has 21 heavy (non-hydrogen) atoms. The Bertz CT molecular complexity index is 768. The smallest absolute Gasteiger partial charge is 0.247 e. The minimum atomic E-state index is 0.524. The summed E-state index contributed by atoms with van der Waals surface area (Å²) >= 11 is 7.30. The van der Waals surface area contributed by atoms with Crippen LogP contribution in [0.1, 0.15) is 16.3 Å². The lowest BCUT2D eigenvalue weighted by molar-refractivity contribution is 0.533. The average Bonchev–Trinajstić information content (AvgIpc) is 3.07. The summed E-state index contributed by atoms with van der Waals surface area (Å²) < 4.78 is 6.01. The van der Waals surface area contributed by atoms with Crippen molar-refractivity contribution in [2.75, 3.05) is 5.32 Å². The second kappa shape index (κ2) is 5.83. The predicted octanol–water partition coefficient (Wildman–Crippen LogP) is 4.08. The number of hydrogen-bond donors (Lipinski definition) is 1. The van der Waals surface area contributed by atoms with Gasteiger partial charge in [-0.3, -0.25) is 0 Å². The van der Waals surface area contributed by atoms with E-state index in [0.717, 1.165) is 21.7 Å². The Balaban J connectivity index is 1.81. The number of nitrogens with zero attached hydrogens (tertiary/aromatic N) is 3. The van der Waals surface area contributed by atoms with Crippen molar-refractivity contribution in [2.45, 2.75) is 20.4 Å². The van der Waals surface area contributed by atoms with Crippen molar-refractivity contribution in [1.82, 2.24) is 15.2 Å². The minimum absolute atomic E-state index is 0.524. The van der Waals surface area contributed by atoms with Crippen molar-refractivity contribution < 1.29 is 4.42 Å². The second-order valence-electron chi connectivity index (χ2n) is 4.59. The van der Waals surface area contributed by atoms with Gasteiger partial charge in [0, 0.05) is 29.2 Å². The average molecular weight is 321 g/mol. The predicted molar refractivity (Wildman–Crippen MR) is 83.7 cm³/mol. The van der Waals surface area contributed by atoms with Crippen LogP contribution >= 0.6 is 22.9 Å². The molecule has 0 radical (unpaired) electrons. The molecule has 0 bridgehead atoms. The van der Waals surface area contributed by atoms with Gasteiger partial charge in [0.25, 0.3) is 0 Å². The molecule has 2 aromatic heterocycles. The molecular formula is C14H13ClN4OS. The van der Waals surface area contributed by atoms with Gasteiger partial charge in [-0.2, -0.15) is 0 Å². The van der Waals surface area contributed by atoms with Gasteiger partial charge >= 0.3 is 0 Å². The standard InChI is InChI=1S/C14H13ClN4OS/c1-8-3-4-10(13-19-18-9(2)20-13)5-12(8)16-6-11-7-17-14(15)21-11/h3-5,7,16H,6H2,1-2H3. The van der Waals surface area contributed by atoms with Crippen LogP contribution in [-0.2, 0) is 6.54 Å². The highest BCUT2D eigenvalue weighted by atomic mass is 35.5. The van der Waals surface area contributed by atoms with Crippen LogP contribution in [0.5, 0.6) is 0 Å². The van der Waals surface area contributed by atoms with Crippen molar-refractivity contribution in [2.24, 2.45) is 0 Å². The third-order valence-electron chi connectivity index (χ3n) is 2.99. The van der Waals surface area contributed by atoms with Gasteiger partial charge in [0.15, 0.2) is 4.47 Å². The minimum Gasteiger partial charge on any atom is -0.421 e. The van der Waals surface area contributed by atoms with E-state index >= 15 is 0 Å². The van der Waals surface area contributed by atoms with E-state index in [0.29, 0.717) is 22.8 Å². The molecule has 0 saturated heterocycles. The topological polar surface area (TPSA) is 63.8 Å². The van der Waals surface area contributed by atoms with Gasteiger partial charge in [-0.1, -0.05) is 17.7 Å². The summed E-state index contributed by atoms with van der Waals surface area (Å²) in [5.74, 6) is 1.08. The zero-order valence-corrected chi connectivity index (χ0v) is 13.1. The third-order valence-corrected chi connectivity index (χ3v) is 4.10. The largest absolute Gasteiger partial charge is 0.421 e. The summed E-state index contributed by atoms with van der Waals surface area (Å²) in [6, 6.07) is 6.00. The highest BCUT2D eigenvalue weighted by Gasteiger charge is 2.08. The second-order valence-corrected chi connectivity index (χ2v) is 6.29. The lowest BCUT2D eigenvalue weighted by atomic mass is 10.1. The van der Waals surface area contributed by atoms with Gasteiger partial charge in [-0.25, -0.2) is 4.98 Å². The number of nitrogens with one attached hydrogen (secondary N) is 1. The fourth-order valence-electron chi connectivity index (χ4n) is 1.91. The molecule has 0 unspecified atom stereocenters. The van der Waals surface area contributed by atoms with E-state index in [9.17, 15) is 0 Å². The molecule has 1 N–H and O–H groups in total. The Morgan fingerprint density at radius 2 is 2.14 bits per heavy atom. The van der Waals surface area contributed by atoms with Crippen molar-refractivity contribution in [3.63, 3.8) is 0 Å². The first kappa shape index (κ1) is 14.0. The van der Waals surface area contributed by atoms with Gasteiger partial charge in [0.1, 0.15) is 0 Å². The monoisotopic (exact) mass is 320 g/mol. The fourth-order valence-corrected chi connectivity index (χ4v) is 2.82. The Kier molecular flexibility index (Phi) is 3.90. The summed E-state index contributed by atoms with van der Waals surface area (Å²) in [6.07, 6.45) is 1.78. The molecule has 1 aromatic carbocycles. The van der Waals surface area contributed by atoms with Crippen LogP contribution in [0.25, 0.3) is 11.5 Å². The Morgan fingerprint density at radius 3 is 2.81 bits per heavy atom. The van der Waals surface area contributed by atoms with E-state index in [-0.39, 0.29) is 0 Å². The lowest BCUT2D eigenvalue weighted by Crippen LogP contribution is -1.99. The summed E-state index contributed by atoms with van der Waals surface area (Å²) in [5, 5.41) is 11.3. The summed E-state index contributed by atoms with van der Waals surface area (Å²) in [4.78, 5) is 5.11. The zero-order valence-electron chi connectivity index (χ0n) is 11.6. The van der Waals surface area contributed by atoms with Gasteiger partial charge < -0.3 is 9.73 Å². The van der Waals surface area contributed by atoms with Gasteiger partial charge in [-0.05, 0) is 24.6 Å². The van der Waals surface area contributed by atoms with Crippen LogP contribution in [0, 0.1) is 13.8 Å². The van der Waals surface area contributed by atoms with E-state index < -0.39 is 0 Å². The molecule has 0 aliphatic carbocycles. The molecular weight excluding hydrogens is 308 g/mol. The number of benzene rings is 1. The van der Waals surface area contributed by atoms with E-state index in [1.165, 1.54) is 11.3 Å². The van der Waals surface area contributed by atoms with Crippen LogP contribution in [0.4, 0.5) is 5.69 Å². The van der Waals surface area contributed by atoms with Crippen molar-refractivity contribution in [1.29, 1.82) is 0 Å². The highest BCUT2D eigenvalue weighted by Crippen LogP contribution is 2.26. The van der Waals surface area contributed by atoms with Crippen LogP contribution in [0.3, 0.4) is 0 Å². The first-order valence-corrected chi connectivity index (χ1v) is 7.56. The van der Waals surface area contributed by atoms with E-state index in [1.54, 1.807) is 13.1 Å². The molecule has 0 aliphatic rings. The normalized spacial score (nSPS) is 10.8. The van der Waals surface area contributed by atoms with Crippen molar-refractivity contribution in [3.8, 4) is 11.5 Å². The van der Waals surface area contributed by atoms with E-state index in [2.05, 4.69) is 20.5 Å². The Labute approximate surface area is 131 Å². The number of halogens is 1. The molecule has 3 aromatic rings. The Morgan fingerprint density at radius 1 is 1.29 bits per heavy atom. The van der Waals surface area contributed by atoms with Crippen molar-refractivity contribution >= 4 is 28.6 Å². The molecule has 0 amide bonds. The number of hydrogen-bond acceptors (Lipinski definition) is 6. The van der Waals surface area contributed by atoms with E-state index in [4.69, 9.17) is 16.0 Å². The molecule has 108 valence electrons. The maximum atomic E-state index is 5.83. The molecule has 0 aliphatic heterocycles. The van der Waals surface area contributed by atoms with Gasteiger partial charge in [0.2, 0.25) is 11.8 Å². The first-order valence-electron chi connectivity index (χ1n) is 6.37. The quantitative estimate of drug-likeness (QED) is 0.785. The number of aryl methyl sites for hydroxylation is 2. The summed E-state index contributed by atoms with van der Waals surface area (Å²) in [7, 11) is 0. The molecule has 0 atom stereocenters. The molecule has 7 heteroatoms. The number of anilines is 1. The number of thiazole rings is 1. The summed E-state index contributed by atoms with van der Waals surface area (Å²) in [5.41, 5.74) is 3.06. The molecule has 3 rings (SSSR count). The van der Waals surface area contributed by atoms with E-state index in [1.807, 2.05) is 25.1 Å². The molecule has 0 fully saturated rings. The third kappa shape index (κ3) is 3.22. The van der Waals surface area contributed by atoms with Gasteiger partial charge in [-0.15, -0.1) is 21.5 Å². The SMILES string of the molecule is Cc1nnc(-c2ccc(C)c(NCc3cnc(Cl)s3)c2)o1. The van der Waals surface area contributed by atoms with Crippen LogP contribution in [-0.4, -0.2) is 15.2 Å². The lowest BCUT2D eigenvalue weighted by Gasteiger charge is -2.09. The van der Waals surface area contributed by atoms with Crippen LogP contribution in [0.15, 0.2) is 28.8 Å².